The van der Waals surface area contributed by atoms with Crippen molar-refractivity contribution in [3.05, 3.63) is 0 Å². The molecule has 0 aliphatic carbocycles. The Labute approximate surface area is 79.3 Å². The third kappa shape index (κ3) is 4.10. The molecule has 13 heavy (non-hydrogen) atoms. The molecule has 78 valence electrons. The molecule has 0 saturated carbocycles. The standard InChI is InChI=1S/C8H19N3O2/c1-5-11(8(12)13)6-7(9-2)10(3)4/h7,9H,5-6H2,1-4H3,(H,12,13). The van der Waals surface area contributed by atoms with E-state index >= 15 is 0 Å². The number of hydrogen-bond acceptors (Lipinski definition) is 3. The SMILES string of the molecule is CCN(CC(NC)N(C)C)C(=O)O. The van der Waals surface area contributed by atoms with Crippen molar-refractivity contribution in [2.24, 2.45) is 0 Å². The van der Waals surface area contributed by atoms with E-state index in [0.29, 0.717) is 13.1 Å². The van der Waals surface area contributed by atoms with Crippen molar-refractivity contribution in [2.45, 2.75) is 13.1 Å². The molecule has 5 nitrogen and oxygen atoms in total. The molecule has 0 aliphatic rings. The Morgan fingerprint density at radius 1 is 1.54 bits per heavy atom. The molecule has 1 amide bonds. The minimum atomic E-state index is -0.871. The van der Waals surface area contributed by atoms with Gasteiger partial charge in [-0.3, -0.25) is 4.90 Å². The monoisotopic (exact) mass is 189 g/mol. The predicted molar refractivity (Wildman–Crippen MR) is 51.8 cm³/mol. The van der Waals surface area contributed by atoms with Crippen LogP contribution < -0.4 is 5.32 Å². The van der Waals surface area contributed by atoms with Crippen LogP contribution >= 0.6 is 0 Å². The Bertz CT molecular complexity index is 161. The van der Waals surface area contributed by atoms with Gasteiger partial charge in [0.2, 0.25) is 0 Å². The summed E-state index contributed by atoms with van der Waals surface area (Å²) in [6.45, 7) is 2.83. The number of hydrogen-bond donors (Lipinski definition) is 2. The second-order valence-corrected chi connectivity index (χ2v) is 3.09. The molecule has 0 bridgehead atoms. The Kier molecular flexibility index (Phi) is 5.41. The number of carbonyl (C=O) groups is 1. The highest BCUT2D eigenvalue weighted by molar-refractivity contribution is 5.64. The Balaban J connectivity index is 4.11. The van der Waals surface area contributed by atoms with Crippen LogP contribution in [0.25, 0.3) is 0 Å². The molecule has 0 rings (SSSR count). The van der Waals surface area contributed by atoms with Gasteiger partial charge < -0.3 is 15.3 Å². The lowest BCUT2D eigenvalue weighted by atomic mass is 10.4. The minimum absolute atomic E-state index is 0.0658. The number of carboxylic acid groups (broad SMARTS) is 1. The maximum Gasteiger partial charge on any atom is 0.407 e. The van der Waals surface area contributed by atoms with E-state index in [1.165, 1.54) is 4.90 Å². The number of rotatable bonds is 5. The molecule has 0 spiro atoms. The van der Waals surface area contributed by atoms with Crippen molar-refractivity contribution >= 4 is 6.09 Å². The molecule has 5 heteroatoms. The molecule has 1 atom stereocenters. The first kappa shape index (κ1) is 12.2. The normalized spacial score (nSPS) is 13.0. The number of nitrogens with zero attached hydrogens (tertiary/aromatic N) is 2. The summed E-state index contributed by atoms with van der Waals surface area (Å²) >= 11 is 0. The van der Waals surface area contributed by atoms with Crippen LogP contribution in [0.5, 0.6) is 0 Å². The summed E-state index contributed by atoms with van der Waals surface area (Å²) in [5.41, 5.74) is 0. The van der Waals surface area contributed by atoms with Gasteiger partial charge in [0.1, 0.15) is 0 Å². The quantitative estimate of drug-likeness (QED) is 0.602. The van der Waals surface area contributed by atoms with Crippen LogP contribution in [-0.4, -0.2) is 61.4 Å². The van der Waals surface area contributed by atoms with E-state index in [2.05, 4.69) is 5.32 Å². The highest BCUT2D eigenvalue weighted by Crippen LogP contribution is 1.95. The fourth-order valence-corrected chi connectivity index (χ4v) is 1.06. The average molecular weight is 189 g/mol. The average Bonchev–Trinajstić information content (AvgIpc) is 2.05. The first-order chi connectivity index (χ1) is 6.02. The van der Waals surface area contributed by atoms with Crippen molar-refractivity contribution in [2.75, 3.05) is 34.2 Å². The maximum atomic E-state index is 10.7. The molecule has 2 N–H and O–H groups in total. The van der Waals surface area contributed by atoms with E-state index in [9.17, 15) is 4.79 Å². The zero-order chi connectivity index (χ0) is 10.4. The van der Waals surface area contributed by atoms with Gasteiger partial charge in [-0.2, -0.15) is 0 Å². The van der Waals surface area contributed by atoms with E-state index < -0.39 is 6.09 Å². The van der Waals surface area contributed by atoms with Gasteiger partial charge in [0, 0.05) is 6.54 Å². The third-order valence-electron chi connectivity index (χ3n) is 2.00. The molecule has 0 aromatic carbocycles. The van der Waals surface area contributed by atoms with Gasteiger partial charge in [-0.05, 0) is 28.1 Å². The molecule has 0 aliphatic heterocycles. The van der Waals surface area contributed by atoms with E-state index in [1.54, 1.807) is 0 Å². The Hall–Kier alpha value is -0.810. The van der Waals surface area contributed by atoms with Crippen molar-refractivity contribution in [1.29, 1.82) is 0 Å². The second-order valence-electron chi connectivity index (χ2n) is 3.09. The topological polar surface area (TPSA) is 55.8 Å². The van der Waals surface area contributed by atoms with E-state index in [0.717, 1.165) is 0 Å². The smallest absolute Gasteiger partial charge is 0.407 e. The minimum Gasteiger partial charge on any atom is -0.465 e. The van der Waals surface area contributed by atoms with Crippen molar-refractivity contribution in [1.82, 2.24) is 15.1 Å². The molecule has 0 fully saturated rings. The van der Waals surface area contributed by atoms with Crippen LogP contribution in [0.15, 0.2) is 0 Å². The van der Waals surface area contributed by atoms with Gasteiger partial charge in [0.05, 0.1) is 12.7 Å². The van der Waals surface area contributed by atoms with E-state index in [4.69, 9.17) is 5.11 Å². The zero-order valence-electron chi connectivity index (χ0n) is 8.74. The fraction of sp³-hybridized carbons (Fsp3) is 0.875. The molecule has 0 radical (unpaired) electrons. The van der Waals surface area contributed by atoms with Crippen molar-refractivity contribution < 1.29 is 9.90 Å². The lowest BCUT2D eigenvalue weighted by Gasteiger charge is -2.28. The van der Waals surface area contributed by atoms with Crippen LogP contribution in [0.4, 0.5) is 4.79 Å². The van der Waals surface area contributed by atoms with Crippen molar-refractivity contribution in [3.63, 3.8) is 0 Å². The predicted octanol–water partition coefficient (Wildman–Crippen LogP) is 0.0934. The van der Waals surface area contributed by atoms with Gasteiger partial charge in [-0.1, -0.05) is 0 Å². The molecule has 0 aromatic heterocycles. The van der Waals surface area contributed by atoms with Crippen LogP contribution in [0.1, 0.15) is 6.92 Å². The van der Waals surface area contributed by atoms with Gasteiger partial charge in [0.15, 0.2) is 0 Å². The van der Waals surface area contributed by atoms with Crippen LogP contribution in [0.3, 0.4) is 0 Å². The third-order valence-corrected chi connectivity index (χ3v) is 2.00. The number of likely N-dealkylation sites (N-methyl/N-ethyl adjacent to an activating group) is 3. The highest BCUT2D eigenvalue weighted by Gasteiger charge is 2.16. The largest absolute Gasteiger partial charge is 0.465 e. The van der Waals surface area contributed by atoms with Crippen molar-refractivity contribution in [3.8, 4) is 0 Å². The lowest BCUT2D eigenvalue weighted by molar-refractivity contribution is 0.124. The van der Waals surface area contributed by atoms with Gasteiger partial charge in [-0.25, -0.2) is 4.79 Å². The Morgan fingerprint density at radius 2 is 2.08 bits per heavy atom. The Morgan fingerprint density at radius 3 is 2.31 bits per heavy atom. The van der Waals surface area contributed by atoms with Crippen LogP contribution in [0.2, 0.25) is 0 Å². The summed E-state index contributed by atoms with van der Waals surface area (Å²) in [5.74, 6) is 0. The number of nitrogens with one attached hydrogen (secondary N) is 1. The highest BCUT2D eigenvalue weighted by atomic mass is 16.4. The molecule has 0 aromatic rings. The first-order valence-corrected chi connectivity index (χ1v) is 4.34. The summed E-state index contributed by atoms with van der Waals surface area (Å²) in [7, 11) is 5.65. The van der Waals surface area contributed by atoms with Gasteiger partial charge in [0.25, 0.3) is 0 Å². The van der Waals surface area contributed by atoms with E-state index in [-0.39, 0.29) is 6.17 Å². The van der Waals surface area contributed by atoms with Crippen LogP contribution in [-0.2, 0) is 0 Å². The molecule has 1 unspecified atom stereocenters. The second kappa shape index (κ2) is 5.77. The van der Waals surface area contributed by atoms with Gasteiger partial charge >= 0.3 is 6.09 Å². The summed E-state index contributed by atoms with van der Waals surface area (Å²) in [5, 5.41) is 11.8. The fourth-order valence-electron chi connectivity index (χ4n) is 1.06. The summed E-state index contributed by atoms with van der Waals surface area (Å²) in [6.07, 6.45) is -0.805. The van der Waals surface area contributed by atoms with Crippen LogP contribution in [0, 0.1) is 0 Å². The maximum absolute atomic E-state index is 10.7. The van der Waals surface area contributed by atoms with E-state index in [1.807, 2.05) is 33.0 Å². The molecule has 0 saturated heterocycles. The van der Waals surface area contributed by atoms with Gasteiger partial charge in [-0.15, -0.1) is 0 Å². The molecule has 0 heterocycles. The zero-order valence-corrected chi connectivity index (χ0v) is 8.74. The molecular weight excluding hydrogens is 170 g/mol. The molecular formula is C8H19N3O2. The summed E-state index contributed by atoms with van der Waals surface area (Å²) < 4.78 is 0. The first-order valence-electron chi connectivity index (χ1n) is 4.34. The lowest BCUT2D eigenvalue weighted by Crippen LogP contribution is -2.49. The summed E-state index contributed by atoms with van der Waals surface area (Å²) in [4.78, 5) is 14.0. The number of amides is 1. The summed E-state index contributed by atoms with van der Waals surface area (Å²) in [6, 6.07) is 0.